The SMILES string of the molecule is COC(=O)c1ccc(O)cc1.COC(=O)c1ccc(O)cc1.[Na]. The van der Waals surface area contributed by atoms with Crippen LogP contribution in [0.1, 0.15) is 20.7 Å². The van der Waals surface area contributed by atoms with E-state index >= 15 is 0 Å². The zero-order valence-electron chi connectivity index (χ0n) is 13.1. The van der Waals surface area contributed by atoms with Crippen LogP contribution in [0.5, 0.6) is 11.5 Å². The minimum Gasteiger partial charge on any atom is -0.508 e. The summed E-state index contributed by atoms with van der Waals surface area (Å²) in [5.74, 6) is -0.523. The van der Waals surface area contributed by atoms with Gasteiger partial charge in [-0.15, -0.1) is 0 Å². The fourth-order valence-corrected chi connectivity index (χ4v) is 1.43. The zero-order valence-corrected chi connectivity index (χ0v) is 15.1. The Kier molecular flexibility index (Phi) is 9.73. The second-order valence-electron chi connectivity index (χ2n) is 4.08. The van der Waals surface area contributed by atoms with Crippen LogP contribution in [0.25, 0.3) is 0 Å². The third-order valence-corrected chi connectivity index (χ3v) is 2.58. The topological polar surface area (TPSA) is 93.1 Å². The van der Waals surface area contributed by atoms with Gasteiger partial charge in [0.15, 0.2) is 0 Å². The van der Waals surface area contributed by atoms with Gasteiger partial charge in [0.05, 0.1) is 25.3 Å². The Hall–Kier alpha value is -2.02. The van der Waals surface area contributed by atoms with Gasteiger partial charge in [-0.25, -0.2) is 9.59 Å². The summed E-state index contributed by atoms with van der Waals surface area (Å²) in [6.07, 6.45) is 0. The molecule has 23 heavy (non-hydrogen) atoms. The van der Waals surface area contributed by atoms with Crippen LogP contribution in [-0.4, -0.2) is 65.9 Å². The molecule has 7 heteroatoms. The number of aromatic hydroxyl groups is 2. The van der Waals surface area contributed by atoms with E-state index in [2.05, 4.69) is 9.47 Å². The first-order chi connectivity index (χ1) is 10.5. The van der Waals surface area contributed by atoms with E-state index < -0.39 is 11.9 Å². The number of hydrogen-bond acceptors (Lipinski definition) is 6. The second kappa shape index (κ2) is 10.7. The molecule has 0 unspecified atom stereocenters. The minimum absolute atomic E-state index is 0. The first-order valence-electron chi connectivity index (χ1n) is 6.22. The van der Waals surface area contributed by atoms with Crippen molar-refractivity contribution in [2.24, 2.45) is 0 Å². The predicted octanol–water partition coefficient (Wildman–Crippen LogP) is 1.98. The van der Waals surface area contributed by atoms with Crippen LogP contribution >= 0.6 is 0 Å². The molecule has 0 bridgehead atoms. The molecule has 0 amide bonds. The van der Waals surface area contributed by atoms with Gasteiger partial charge in [0.2, 0.25) is 0 Å². The molecule has 0 saturated heterocycles. The van der Waals surface area contributed by atoms with Crippen LogP contribution in [0, 0.1) is 0 Å². The van der Waals surface area contributed by atoms with Gasteiger partial charge < -0.3 is 19.7 Å². The third kappa shape index (κ3) is 7.19. The molecule has 0 aliphatic carbocycles. The van der Waals surface area contributed by atoms with E-state index in [0.29, 0.717) is 11.1 Å². The van der Waals surface area contributed by atoms with E-state index in [1.54, 1.807) is 0 Å². The number of esters is 2. The van der Waals surface area contributed by atoms with Gasteiger partial charge in [0, 0.05) is 29.6 Å². The molecule has 0 fully saturated rings. The molecule has 0 spiro atoms. The smallest absolute Gasteiger partial charge is 0.337 e. The maximum absolute atomic E-state index is 10.8. The van der Waals surface area contributed by atoms with Crippen molar-refractivity contribution in [3.05, 3.63) is 59.7 Å². The van der Waals surface area contributed by atoms with Gasteiger partial charge in [-0.05, 0) is 48.5 Å². The number of phenolic OH excluding ortho intramolecular Hbond substituents is 2. The fourth-order valence-electron chi connectivity index (χ4n) is 1.43. The van der Waals surface area contributed by atoms with E-state index in [1.165, 1.54) is 62.8 Å². The normalized spacial score (nSPS) is 8.78. The molecule has 2 rings (SSSR count). The average molecular weight is 327 g/mol. The molecule has 1 radical (unpaired) electrons. The molecule has 2 aromatic carbocycles. The van der Waals surface area contributed by atoms with Crippen LogP contribution in [0.4, 0.5) is 0 Å². The molecule has 6 nitrogen and oxygen atoms in total. The molecule has 2 aromatic rings. The van der Waals surface area contributed by atoms with Crippen LogP contribution in [0.2, 0.25) is 0 Å². The van der Waals surface area contributed by atoms with Crippen LogP contribution in [-0.2, 0) is 9.47 Å². The third-order valence-electron chi connectivity index (χ3n) is 2.58. The Labute approximate surface area is 156 Å². The maximum atomic E-state index is 10.8. The molecule has 0 saturated carbocycles. The summed E-state index contributed by atoms with van der Waals surface area (Å²) >= 11 is 0. The summed E-state index contributed by atoms with van der Waals surface area (Å²) in [4.78, 5) is 21.6. The van der Waals surface area contributed by atoms with Crippen LogP contribution < -0.4 is 0 Å². The first kappa shape index (κ1) is 21.0. The van der Waals surface area contributed by atoms with E-state index in [-0.39, 0.29) is 41.1 Å². The Balaban J connectivity index is 0.000000403. The molecule has 0 aliphatic rings. The van der Waals surface area contributed by atoms with E-state index in [1.807, 2.05) is 0 Å². The molecular formula is C16H16NaO6. The Bertz CT molecular complexity index is 565. The number of methoxy groups -OCH3 is 2. The zero-order chi connectivity index (χ0) is 16.5. The van der Waals surface area contributed by atoms with Gasteiger partial charge in [0.1, 0.15) is 11.5 Å². The van der Waals surface area contributed by atoms with Crippen molar-refractivity contribution < 1.29 is 29.3 Å². The van der Waals surface area contributed by atoms with Gasteiger partial charge in [-0.3, -0.25) is 0 Å². The molecule has 2 N–H and O–H groups in total. The molecule has 0 aliphatic heterocycles. The second-order valence-corrected chi connectivity index (χ2v) is 4.08. The van der Waals surface area contributed by atoms with Crippen LogP contribution in [0.15, 0.2) is 48.5 Å². The fraction of sp³-hybridized carbons (Fsp3) is 0.125. The summed E-state index contributed by atoms with van der Waals surface area (Å²) in [6.45, 7) is 0. The summed E-state index contributed by atoms with van der Waals surface area (Å²) < 4.78 is 8.91. The van der Waals surface area contributed by atoms with E-state index in [4.69, 9.17) is 10.2 Å². The monoisotopic (exact) mass is 327 g/mol. The molecule has 0 aromatic heterocycles. The van der Waals surface area contributed by atoms with Gasteiger partial charge in [-0.2, -0.15) is 0 Å². The van der Waals surface area contributed by atoms with Crippen molar-refractivity contribution in [2.75, 3.05) is 14.2 Å². The number of hydrogen-bond donors (Lipinski definition) is 2. The molecular weight excluding hydrogens is 311 g/mol. The first-order valence-corrected chi connectivity index (χ1v) is 6.22. The molecule has 0 heterocycles. The summed E-state index contributed by atoms with van der Waals surface area (Å²) in [6, 6.07) is 11.8. The maximum Gasteiger partial charge on any atom is 0.337 e. The van der Waals surface area contributed by atoms with Gasteiger partial charge >= 0.3 is 11.9 Å². The Morgan fingerprint density at radius 3 is 1.17 bits per heavy atom. The Morgan fingerprint density at radius 1 is 0.696 bits per heavy atom. The van der Waals surface area contributed by atoms with E-state index in [9.17, 15) is 9.59 Å². The predicted molar refractivity (Wildman–Crippen MR) is 84.6 cm³/mol. The summed E-state index contributed by atoms with van der Waals surface area (Å²) in [5, 5.41) is 17.7. The van der Waals surface area contributed by atoms with E-state index in [0.717, 1.165) is 0 Å². The standard InChI is InChI=1S/2C8H8O3.Na/c2*1-11-8(10)6-2-4-7(9)5-3-6;/h2*2-5,9H,1H3;. The number of rotatable bonds is 2. The number of ether oxygens (including phenoxy) is 2. The van der Waals surface area contributed by atoms with Crippen molar-refractivity contribution in [2.45, 2.75) is 0 Å². The van der Waals surface area contributed by atoms with Crippen molar-refractivity contribution >= 4 is 41.5 Å². The van der Waals surface area contributed by atoms with Gasteiger partial charge in [-0.1, -0.05) is 0 Å². The van der Waals surface area contributed by atoms with Crippen molar-refractivity contribution in [3.63, 3.8) is 0 Å². The summed E-state index contributed by atoms with van der Waals surface area (Å²) in [7, 11) is 2.63. The Morgan fingerprint density at radius 2 is 0.957 bits per heavy atom. The average Bonchev–Trinajstić information content (AvgIpc) is 2.55. The van der Waals surface area contributed by atoms with Crippen molar-refractivity contribution in [1.82, 2.24) is 0 Å². The van der Waals surface area contributed by atoms with Crippen LogP contribution in [0.3, 0.4) is 0 Å². The largest absolute Gasteiger partial charge is 0.508 e. The molecule has 117 valence electrons. The minimum atomic E-state index is -0.398. The summed E-state index contributed by atoms with van der Waals surface area (Å²) in [5.41, 5.74) is 0.871. The number of phenols is 2. The number of carbonyl (C=O) groups is 2. The van der Waals surface area contributed by atoms with Crippen molar-refractivity contribution in [1.29, 1.82) is 0 Å². The molecule has 0 atom stereocenters. The van der Waals surface area contributed by atoms with Crippen molar-refractivity contribution in [3.8, 4) is 11.5 Å². The quantitative estimate of drug-likeness (QED) is 0.647. The number of carbonyl (C=O) groups excluding carboxylic acids is 2. The van der Waals surface area contributed by atoms with Gasteiger partial charge in [0.25, 0.3) is 0 Å². The number of benzene rings is 2.